The average Bonchev–Trinajstić information content (AvgIpc) is 2.60. The second kappa shape index (κ2) is 7.85. The number of methoxy groups -OCH3 is 1. The molecule has 2 rings (SSSR count). The van der Waals surface area contributed by atoms with Gasteiger partial charge in [0.1, 0.15) is 11.1 Å². The Kier molecular flexibility index (Phi) is 5.60. The van der Waals surface area contributed by atoms with Gasteiger partial charge in [-0.1, -0.05) is 18.3 Å². The third-order valence-corrected chi connectivity index (χ3v) is 3.26. The summed E-state index contributed by atoms with van der Waals surface area (Å²) >= 11 is 4.79. The second-order valence-corrected chi connectivity index (χ2v) is 5.07. The largest absolute Gasteiger partial charge is 0.493 e. The topological polar surface area (TPSA) is 124 Å². The lowest BCUT2D eigenvalue weighted by Gasteiger charge is -2.10. The van der Waals surface area contributed by atoms with Gasteiger partial charge in [-0.05, 0) is 29.8 Å². The van der Waals surface area contributed by atoms with Crippen LogP contribution >= 0.6 is 12.2 Å². The van der Waals surface area contributed by atoms with Crippen LogP contribution in [0.3, 0.4) is 0 Å². The Morgan fingerprint density at radius 3 is 2.80 bits per heavy atom. The Labute approximate surface area is 148 Å². The molecule has 1 aromatic heterocycles. The first-order valence-electron chi connectivity index (χ1n) is 6.83. The van der Waals surface area contributed by atoms with Crippen LogP contribution in [0.15, 0.2) is 42.1 Å². The van der Waals surface area contributed by atoms with Gasteiger partial charge >= 0.3 is 5.69 Å². The number of benzene rings is 1. The molecule has 0 spiro atoms. The zero-order valence-corrected chi connectivity index (χ0v) is 13.8. The molecule has 0 unspecified atom stereocenters. The van der Waals surface area contributed by atoms with Gasteiger partial charge in [-0.15, -0.1) is 0 Å². The van der Waals surface area contributed by atoms with Crippen LogP contribution in [0.5, 0.6) is 17.4 Å². The predicted molar refractivity (Wildman–Crippen MR) is 94.3 cm³/mol. The van der Waals surface area contributed by atoms with Gasteiger partial charge in [0.15, 0.2) is 11.5 Å². The minimum absolute atomic E-state index is 0.0223. The summed E-state index contributed by atoms with van der Waals surface area (Å²) in [6, 6.07) is 9.37. The van der Waals surface area contributed by atoms with Crippen molar-refractivity contribution in [3.8, 4) is 23.4 Å². The van der Waals surface area contributed by atoms with Gasteiger partial charge in [0.05, 0.1) is 17.6 Å². The Hall–Kier alpha value is -3.51. The van der Waals surface area contributed by atoms with Crippen molar-refractivity contribution in [3.63, 3.8) is 0 Å². The third kappa shape index (κ3) is 4.27. The minimum Gasteiger partial charge on any atom is -0.493 e. The lowest BCUT2D eigenvalue weighted by atomic mass is 10.1. The van der Waals surface area contributed by atoms with Crippen LogP contribution in [-0.4, -0.2) is 22.0 Å². The maximum Gasteiger partial charge on any atom is 0.331 e. The van der Waals surface area contributed by atoms with E-state index in [-0.39, 0.29) is 27.9 Å². The van der Waals surface area contributed by atoms with Crippen LogP contribution in [-0.2, 0) is 0 Å². The maximum absolute atomic E-state index is 11.0. The molecule has 0 aliphatic heterocycles. The summed E-state index contributed by atoms with van der Waals surface area (Å²) < 4.78 is 10.7. The average molecular weight is 356 g/mol. The van der Waals surface area contributed by atoms with Crippen LogP contribution in [0, 0.1) is 21.4 Å². The molecule has 25 heavy (non-hydrogen) atoms. The molecule has 2 aromatic rings. The zero-order valence-electron chi connectivity index (χ0n) is 13.0. The molecule has 2 N–H and O–H groups in total. The fourth-order valence-electron chi connectivity index (χ4n) is 1.89. The SMILES string of the molecule is COc1cc(/C=C(/C#N)C(N)=S)ccc1Oc1ncccc1[N+](=O)[O-]. The van der Waals surface area contributed by atoms with Crippen LogP contribution in [0.2, 0.25) is 0 Å². The van der Waals surface area contributed by atoms with Crippen molar-refractivity contribution >= 4 is 29.0 Å². The van der Waals surface area contributed by atoms with Crippen LogP contribution < -0.4 is 15.2 Å². The van der Waals surface area contributed by atoms with Gasteiger partial charge in [-0.2, -0.15) is 5.26 Å². The summed E-state index contributed by atoms with van der Waals surface area (Å²) in [6.45, 7) is 0. The molecule has 1 heterocycles. The standard InChI is InChI=1S/C16H12N4O4S/c1-23-14-8-10(7-11(9-17)15(18)25)4-5-13(14)24-16-12(20(21)22)3-2-6-19-16/h2-8H,1H3,(H2,18,25)/b11-7-. The monoisotopic (exact) mass is 356 g/mol. The first-order chi connectivity index (χ1) is 12.0. The number of hydrogen-bond donors (Lipinski definition) is 1. The van der Waals surface area contributed by atoms with Gasteiger partial charge in [-0.25, -0.2) is 4.98 Å². The number of nitriles is 1. The van der Waals surface area contributed by atoms with E-state index >= 15 is 0 Å². The molecule has 0 fully saturated rings. The lowest BCUT2D eigenvalue weighted by Crippen LogP contribution is -2.09. The Morgan fingerprint density at radius 2 is 2.20 bits per heavy atom. The van der Waals surface area contributed by atoms with E-state index in [0.717, 1.165) is 0 Å². The molecule has 1 aromatic carbocycles. The Balaban J connectivity index is 2.40. The summed E-state index contributed by atoms with van der Waals surface area (Å²) in [4.78, 5) is 14.3. The summed E-state index contributed by atoms with van der Waals surface area (Å²) in [7, 11) is 1.42. The molecule has 9 heteroatoms. The fraction of sp³-hybridized carbons (Fsp3) is 0.0625. The highest BCUT2D eigenvalue weighted by molar-refractivity contribution is 7.80. The van der Waals surface area contributed by atoms with E-state index in [0.29, 0.717) is 11.3 Å². The van der Waals surface area contributed by atoms with Gasteiger partial charge in [-0.3, -0.25) is 10.1 Å². The lowest BCUT2D eigenvalue weighted by molar-refractivity contribution is -0.386. The number of nitro groups is 1. The number of nitrogens with zero attached hydrogens (tertiary/aromatic N) is 3. The van der Waals surface area contributed by atoms with Crippen LogP contribution in [0.25, 0.3) is 6.08 Å². The molecule has 0 bridgehead atoms. The molecular formula is C16H12N4O4S. The molecule has 0 atom stereocenters. The Morgan fingerprint density at radius 1 is 1.44 bits per heavy atom. The third-order valence-electron chi connectivity index (χ3n) is 3.04. The van der Waals surface area contributed by atoms with E-state index in [1.54, 1.807) is 12.1 Å². The predicted octanol–water partition coefficient (Wildman–Crippen LogP) is 2.98. The van der Waals surface area contributed by atoms with Gasteiger partial charge < -0.3 is 15.2 Å². The molecule has 0 amide bonds. The summed E-state index contributed by atoms with van der Waals surface area (Å²) in [5.41, 5.74) is 5.93. The molecule has 0 radical (unpaired) electrons. The van der Waals surface area contributed by atoms with Crippen molar-refractivity contribution in [1.29, 1.82) is 5.26 Å². The number of pyridine rings is 1. The normalized spacial score (nSPS) is 10.6. The van der Waals surface area contributed by atoms with Gasteiger partial charge in [0.2, 0.25) is 0 Å². The number of aromatic nitrogens is 1. The van der Waals surface area contributed by atoms with Gasteiger partial charge in [0, 0.05) is 12.3 Å². The van der Waals surface area contributed by atoms with Crippen LogP contribution in [0.1, 0.15) is 5.56 Å². The molecule has 126 valence electrons. The highest BCUT2D eigenvalue weighted by Gasteiger charge is 2.18. The quantitative estimate of drug-likeness (QED) is 0.275. The van der Waals surface area contributed by atoms with E-state index in [9.17, 15) is 10.1 Å². The summed E-state index contributed by atoms with van der Waals surface area (Å²) in [5.74, 6) is 0.374. The number of nitrogens with two attached hydrogens (primary N) is 1. The molecule has 0 saturated heterocycles. The highest BCUT2D eigenvalue weighted by Crippen LogP contribution is 2.35. The molecular weight excluding hydrogens is 344 g/mol. The number of thiocarbonyl (C=S) groups is 1. The van der Waals surface area contributed by atoms with E-state index < -0.39 is 4.92 Å². The first-order valence-corrected chi connectivity index (χ1v) is 7.24. The first kappa shape index (κ1) is 17.8. The van der Waals surface area contributed by atoms with E-state index in [1.807, 2.05) is 6.07 Å². The fourth-order valence-corrected chi connectivity index (χ4v) is 1.99. The van der Waals surface area contributed by atoms with E-state index in [4.69, 9.17) is 32.7 Å². The molecule has 0 aliphatic rings. The van der Waals surface area contributed by atoms with Crippen molar-refractivity contribution < 1.29 is 14.4 Å². The molecule has 0 saturated carbocycles. The van der Waals surface area contributed by atoms with E-state index in [2.05, 4.69) is 4.98 Å². The van der Waals surface area contributed by atoms with Crippen molar-refractivity contribution in [2.24, 2.45) is 5.73 Å². The maximum atomic E-state index is 11.0. The molecule has 8 nitrogen and oxygen atoms in total. The van der Waals surface area contributed by atoms with Crippen LogP contribution in [0.4, 0.5) is 5.69 Å². The van der Waals surface area contributed by atoms with E-state index in [1.165, 1.54) is 37.6 Å². The zero-order chi connectivity index (χ0) is 18.4. The smallest absolute Gasteiger partial charge is 0.331 e. The number of hydrogen-bond acceptors (Lipinski definition) is 7. The van der Waals surface area contributed by atoms with Gasteiger partial charge in [0.25, 0.3) is 5.88 Å². The molecule has 0 aliphatic carbocycles. The second-order valence-electron chi connectivity index (χ2n) is 4.63. The summed E-state index contributed by atoms with van der Waals surface area (Å²) in [6.07, 6.45) is 2.88. The summed E-state index contributed by atoms with van der Waals surface area (Å²) in [5, 5.41) is 20.0. The number of ether oxygens (including phenoxy) is 2. The minimum atomic E-state index is -0.590. The van der Waals surface area contributed by atoms with Crippen molar-refractivity contribution in [2.45, 2.75) is 0 Å². The highest BCUT2D eigenvalue weighted by atomic mass is 32.1. The van der Waals surface area contributed by atoms with Crippen molar-refractivity contribution in [3.05, 3.63) is 57.8 Å². The van der Waals surface area contributed by atoms with Crippen molar-refractivity contribution in [2.75, 3.05) is 7.11 Å². The van der Waals surface area contributed by atoms with Crippen molar-refractivity contribution in [1.82, 2.24) is 4.98 Å². The Bertz CT molecular complexity index is 905. The number of rotatable bonds is 6.